The van der Waals surface area contributed by atoms with Gasteiger partial charge >= 0.3 is 0 Å². The molecule has 1 aromatic rings. The third kappa shape index (κ3) is 3.30. The van der Waals surface area contributed by atoms with Crippen LogP contribution in [0.3, 0.4) is 0 Å². The molecule has 6 heteroatoms. The van der Waals surface area contributed by atoms with Crippen molar-refractivity contribution >= 4 is 29.1 Å². The Morgan fingerprint density at radius 3 is 2.46 bits per heavy atom. The molecule has 1 aromatic carbocycles. The van der Waals surface area contributed by atoms with Crippen LogP contribution in [-0.4, -0.2) is 48.0 Å². The van der Waals surface area contributed by atoms with Gasteiger partial charge in [0.05, 0.1) is 15.6 Å². The van der Waals surface area contributed by atoms with Crippen molar-refractivity contribution in [2.75, 3.05) is 27.2 Å². The molecule has 0 aromatic heterocycles. The molecule has 24 heavy (non-hydrogen) atoms. The largest absolute Gasteiger partial charge is 0.385 e. The van der Waals surface area contributed by atoms with Crippen LogP contribution in [0.4, 0.5) is 0 Å². The minimum absolute atomic E-state index is 0.0487. The van der Waals surface area contributed by atoms with Gasteiger partial charge in [-0.15, -0.1) is 0 Å². The number of likely N-dealkylation sites (tertiary alicyclic amines) is 1. The number of benzene rings is 1. The monoisotopic (exact) mass is 370 g/mol. The Morgan fingerprint density at radius 2 is 1.88 bits per heavy atom. The number of nitrogens with zero attached hydrogens (tertiary/aromatic N) is 2. The minimum atomic E-state index is -1.05. The third-order valence-corrected chi connectivity index (χ3v) is 6.14. The van der Waals surface area contributed by atoms with Gasteiger partial charge in [0.25, 0.3) is 0 Å². The molecular weight excluding hydrogens is 347 g/mol. The van der Waals surface area contributed by atoms with E-state index in [1.807, 2.05) is 12.1 Å². The molecule has 0 atom stereocenters. The molecule has 1 aliphatic carbocycles. The number of hydrogen-bond acceptors (Lipinski definition) is 3. The van der Waals surface area contributed by atoms with Gasteiger partial charge in [-0.1, -0.05) is 35.3 Å². The molecule has 132 valence electrons. The number of aliphatic hydroxyl groups is 1. The van der Waals surface area contributed by atoms with Crippen LogP contribution in [0.2, 0.25) is 10.0 Å². The number of rotatable bonds is 4. The molecule has 0 spiro atoms. The zero-order valence-corrected chi connectivity index (χ0v) is 15.7. The summed E-state index contributed by atoms with van der Waals surface area (Å²) in [6, 6.07) is 3.83. The molecule has 4 nitrogen and oxygen atoms in total. The van der Waals surface area contributed by atoms with Gasteiger partial charge in [0.2, 0.25) is 5.91 Å². The van der Waals surface area contributed by atoms with Crippen molar-refractivity contribution in [1.82, 2.24) is 9.80 Å². The van der Waals surface area contributed by atoms with Crippen molar-refractivity contribution < 1.29 is 9.90 Å². The predicted octanol–water partition coefficient (Wildman–Crippen LogP) is 3.28. The summed E-state index contributed by atoms with van der Waals surface area (Å²) in [6.07, 6.45) is 3.24. The Morgan fingerprint density at radius 1 is 1.25 bits per heavy atom. The van der Waals surface area contributed by atoms with E-state index in [1.165, 1.54) is 12.8 Å². The second-order valence-corrected chi connectivity index (χ2v) is 8.01. The summed E-state index contributed by atoms with van der Waals surface area (Å²) in [4.78, 5) is 15.9. The average molecular weight is 371 g/mol. The highest BCUT2D eigenvalue weighted by molar-refractivity contribution is 6.43. The molecule has 3 rings (SSSR count). The summed E-state index contributed by atoms with van der Waals surface area (Å²) >= 11 is 12.9. The first-order valence-electron chi connectivity index (χ1n) is 8.45. The molecule has 2 fully saturated rings. The zero-order chi connectivity index (χ0) is 17.5. The molecule has 1 heterocycles. The van der Waals surface area contributed by atoms with Gasteiger partial charge in [0, 0.05) is 32.1 Å². The normalized spacial score (nSPS) is 27.1. The number of carbonyl (C=O) groups is 1. The smallest absolute Gasteiger partial charge is 0.225 e. The first kappa shape index (κ1) is 18.0. The predicted molar refractivity (Wildman–Crippen MR) is 96.3 cm³/mol. The fourth-order valence-corrected chi connectivity index (χ4v) is 4.35. The number of carbonyl (C=O) groups excluding carboxylic acids is 1. The highest BCUT2D eigenvalue weighted by Gasteiger charge is 2.49. The lowest BCUT2D eigenvalue weighted by atomic mass is 9.66. The maximum atomic E-state index is 12.0. The highest BCUT2D eigenvalue weighted by Crippen LogP contribution is 2.49. The standard InChI is InChI=1S/C18H24Cl2N2O2/c1-21(2)17(23)13-9-18(24,10-13)14-6-5-12(15(19)16(14)20)11-22-7-3-4-8-22/h5-6,13,24H,3-4,7-11H2,1-2H3. The second kappa shape index (κ2) is 6.83. The molecule has 1 saturated heterocycles. The Bertz CT molecular complexity index is 636. The van der Waals surface area contributed by atoms with E-state index in [9.17, 15) is 9.90 Å². The fraction of sp³-hybridized carbons (Fsp3) is 0.611. The topological polar surface area (TPSA) is 43.8 Å². The summed E-state index contributed by atoms with van der Waals surface area (Å²) in [7, 11) is 3.47. The fourth-order valence-electron chi connectivity index (χ4n) is 3.77. The molecule has 1 N–H and O–H groups in total. The van der Waals surface area contributed by atoms with Gasteiger partial charge in [-0.2, -0.15) is 0 Å². The van der Waals surface area contributed by atoms with Crippen LogP contribution in [0.5, 0.6) is 0 Å². The quantitative estimate of drug-likeness (QED) is 0.884. The summed E-state index contributed by atoms with van der Waals surface area (Å²) in [6.45, 7) is 2.97. The average Bonchev–Trinajstić information content (AvgIpc) is 3.01. The molecule has 2 aliphatic rings. The Hall–Kier alpha value is -0.810. The lowest BCUT2D eigenvalue weighted by Crippen LogP contribution is -2.48. The maximum Gasteiger partial charge on any atom is 0.225 e. The van der Waals surface area contributed by atoms with Crippen molar-refractivity contribution in [3.8, 4) is 0 Å². The van der Waals surface area contributed by atoms with E-state index in [0.29, 0.717) is 28.5 Å². The van der Waals surface area contributed by atoms with Crippen LogP contribution in [0, 0.1) is 5.92 Å². The SMILES string of the molecule is CN(C)C(=O)C1CC(O)(c2ccc(CN3CCCC3)c(Cl)c2Cl)C1. The van der Waals surface area contributed by atoms with Gasteiger partial charge in [-0.05, 0) is 44.3 Å². The van der Waals surface area contributed by atoms with Gasteiger partial charge in [-0.3, -0.25) is 9.69 Å². The lowest BCUT2D eigenvalue weighted by Gasteiger charge is -2.44. The Kier molecular flexibility index (Phi) is 5.12. The molecule has 0 unspecified atom stereocenters. The van der Waals surface area contributed by atoms with Crippen molar-refractivity contribution in [3.63, 3.8) is 0 Å². The number of halogens is 2. The van der Waals surface area contributed by atoms with Crippen LogP contribution >= 0.6 is 23.2 Å². The summed E-state index contributed by atoms with van der Waals surface area (Å²) in [5.41, 5.74) is 0.585. The third-order valence-electron chi connectivity index (χ3n) is 5.21. The number of amides is 1. The lowest BCUT2D eigenvalue weighted by molar-refractivity contribution is -0.150. The van der Waals surface area contributed by atoms with Crippen LogP contribution in [0.25, 0.3) is 0 Å². The second-order valence-electron chi connectivity index (χ2n) is 7.25. The number of hydrogen-bond donors (Lipinski definition) is 1. The van der Waals surface area contributed by atoms with Crippen molar-refractivity contribution in [2.24, 2.45) is 5.92 Å². The Labute approximate surface area is 153 Å². The van der Waals surface area contributed by atoms with Crippen LogP contribution in [-0.2, 0) is 16.9 Å². The van der Waals surface area contributed by atoms with E-state index in [4.69, 9.17) is 23.2 Å². The van der Waals surface area contributed by atoms with E-state index in [-0.39, 0.29) is 11.8 Å². The maximum absolute atomic E-state index is 12.0. The highest BCUT2D eigenvalue weighted by atomic mass is 35.5. The van der Waals surface area contributed by atoms with Gasteiger partial charge in [-0.25, -0.2) is 0 Å². The van der Waals surface area contributed by atoms with E-state index in [2.05, 4.69) is 4.90 Å². The van der Waals surface area contributed by atoms with E-state index in [0.717, 1.165) is 25.2 Å². The van der Waals surface area contributed by atoms with Crippen molar-refractivity contribution in [3.05, 3.63) is 33.3 Å². The van der Waals surface area contributed by atoms with Gasteiger partial charge in [0.15, 0.2) is 0 Å². The summed E-state index contributed by atoms with van der Waals surface area (Å²) in [5.74, 6) is -0.100. The van der Waals surface area contributed by atoms with Gasteiger partial charge < -0.3 is 10.0 Å². The molecule has 1 aliphatic heterocycles. The van der Waals surface area contributed by atoms with Crippen LogP contribution in [0.15, 0.2) is 12.1 Å². The minimum Gasteiger partial charge on any atom is -0.385 e. The molecular formula is C18H24Cl2N2O2. The van der Waals surface area contributed by atoms with Gasteiger partial charge in [0.1, 0.15) is 0 Å². The van der Waals surface area contributed by atoms with E-state index < -0.39 is 5.60 Å². The molecule has 0 bridgehead atoms. The van der Waals surface area contributed by atoms with Crippen LogP contribution < -0.4 is 0 Å². The molecule has 0 radical (unpaired) electrons. The van der Waals surface area contributed by atoms with E-state index in [1.54, 1.807) is 19.0 Å². The van der Waals surface area contributed by atoms with Crippen LogP contribution in [0.1, 0.15) is 36.8 Å². The zero-order valence-electron chi connectivity index (χ0n) is 14.2. The summed E-state index contributed by atoms with van der Waals surface area (Å²) < 4.78 is 0. The molecule has 1 saturated carbocycles. The van der Waals surface area contributed by atoms with Crippen molar-refractivity contribution in [1.29, 1.82) is 0 Å². The Balaban J connectivity index is 1.75. The molecule has 1 amide bonds. The van der Waals surface area contributed by atoms with Crippen molar-refractivity contribution in [2.45, 2.75) is 37.8 Å². The summed E-state index contributed by atoms with van der Waals surface area (Å²) in [5, 5.41) is 11.8. The first-order valence-corrected chi connectivity index (χ1v) is 9.20. The first-order chi connectivity index (χ1) is 11.3. The van der Waals surface area contributed by atoms with E-state index >= 15 is 0 Å².